The molecule has 0 aliphatic rings. The monoisotopic (exact) mass is 281 g/mol. The highest BCUT2D eigenvalue weighted by atomic mass is 16.5. The van der Waals surface area contributed by atoms with Crippen molar-refractivity contribution in [2.45, 2.75) is 6.92 Å². The van der Waals surface area contributed by atoms with Crippen LogP contribution in [0.25, 0.3) is 6.08 Å². The molecule has 1 heterocycles. The van der Waals surface area contributed by atoms with Crippen molar-refractivity contribution in [2.24, 2.45) is 0 Å². The second-order valence-electron chi connectivity index (χ2n) is 4.14. The zero-order valence-corrected chi connectivity index (χ0v) is 11.2. The van der Waals surface area contributed by atoms with E-state index in [2.05, 4.69) is 9.97 Å². The van der Waals surface area contributed by atoms with Crippen molar-refractivity contribution < 1.29 is 9.53 Å². The molecule has 1 aromatic heterocycles. The summed E-state index contributed by atoms with van der Waals surface area (Å²) in [5.74, 6) is 0.242. The lowest BCUT2D eigenvalue weighted by Crippen LogP contribution is -2.11. The van der Waals surface area contributed by atoms with Gasteiger partial charge in [0.05, 0.1) is 18.0 Å². The number of aromatic amines is 1. The first kappa shape index (κ1) is 14.2. The number of carbonyl (C=O) groups is 1. The van der Waals surface area contributed by atoms with Crippen molar-refractivity contribution in [2.75, 3.05) is 0 Å². The maximum atomic E-state index is 11.8. The molecular formula is C15H11N3O3. The van der Waals surface area contributed by atoms with Gasteiger partial charge in [0.2, 0.25) is 5.88 Å². The number of ether oxygens (including phenoxy) is 1. The zero-order chi connectivity index (χ0) is 15.2. The standard InChI is InChI=1S/C15H11N3O3/c1-10(19)5-6-13-14(20)17-9-18-15(13)21-12-4-2-3-11(7-12)8-16/h2-7,9H,1H3,(H,17,18,20)/b6-5+. The van der Waals surface area contributed by atoms with Gasteiger partial charge in [-0.1, -0.05) is 6.07 Å². The van der Waals surface area contributed by atoms with Gasteiger partial charge in [0, 0.05) is 0 Å². The number of rotatable bonds is 4. The minimum absolute atomic E-state index is 0.0614. The number of carbonyl (C=O) groups excluding carboxylic acids is 1. The Bertz CT molecular complexity index is 800. The van der Waals surface area contributed by atoms with Crippen LogP contribution in [0.2, 0.25) is 0 Å². The number of hydrogen-bond donors (Lipinski definition) is 1. The second-order valence-corrected chi connectivity index (χ2v) is 4.14. The normalized spacial score (nSPS) is 10.3. The lowest BCUT2D eigenvalue weighted by Gasteiger charge is -2.06. The van der Waals surface area contributed by atoms with Gasteiger partial charge in [-0.25, -0.2) is 4.98 Å². The lowest BCUT2D eigenvalue weighted by molar-refractivity contribution is -0.112. The molecule has 0 fully saturated rings. The highest BCUT2D eigenvalue weighted by Crippen LogP contribution is 2.22. The highest BCUT2D eigenvalue weighted by Gasteiger charge is 2.09. The Morgan fingerprint density at radius 3 is 3.00 bits per heavy atom. The maximum Gasteiger partial charge on any atom is 0.261 e. The van der Waals surface area contributed by atoms with E-state index in [4.69, 9.17) is 10.00 Å². The fourth-order valence-electron chi connectivity index (χ4n) is 1.56. The molecule has 21 heavy (non-hydrogen) atoms. The summed E-state index contributed by atoms with van der Waals surface area (Å²) in [6.45, 7) is 1.37. The number of benzene rings is 1. The van der Waals surface area contributed by atoms with E-state index in [-0.39, 0.29) is 17.2 Å². The summed E-state index contributed by atoms with van der Waals surface area (Å²) < 4.78 is 5.52. The van der Waals surface area contributed by atoms with Gasteiger partial charge in [0.25, 0.3) is 5.56 Å². The average molecular weight is 281 g/mol. The Labute approximate surface area is 120 Å². The third-order valence-corrected chi connectivity index (χ3v) is 2.51. The quantitative estimate of drug-likeness (QED) is 0.865. The van der Waals surface area contributed by atoms with E-state index in [1.807, 2.05) is 6.07 Å². The Balaban J connectivity index is 2.40. The van der Waals surface area contributed by atoms with Gasteiger partial charge in [0.1, 0.15) is 11.3 Å². The molecule has 2 aromatic rings. The first-order valence-corrected chi connectivity index (χ1v) is 6.04. The fraction of sp³-hybridized carbons (Fsp3) is 0.0667. The average Bonchev–Trinajstić information content (AvgIpc) is 2.46. The van der Waals surface area contributed by atoms with E-state index in [9.17, 15) is 9.59 Å². The smallest absolute Gasteiger partial charge is 0.261 e. The summed E-state index contributed by atoms with van der Waals surface area (Å²) in [4.78, 5) is 29.1. The van der Waals surface area contributed by atoms with Crippen molar-refractivity contribution in [3.63, 3.8) is 0 Å². The largest absolute Gasteiger partial charge is 0.438 e. The molecule has 2 rings (SSSR count). The molecule has 0 radical (unpaired) electrons. The number of nitriles is 1. The van der Waals surface area contributed by atoms with Crippen molar-refractivity contribution in [3.8, 4) is 17.7 Å². The van der Waals surface area contributed by atoms with Crippen LogP contribution in [0.15, 0.2) is 41.5 Å². The van der Waals surface area contributed by atoms with Crippen LogP contribution in [-0.2, 0) is 4.79 Å². The number of allylic oxidation sites excluding steroid dienone is 1. The van der Waals surface area contributed by atoms with Gasteiger partial charge in [0.15, 0.2) is 5.78 Å². The van der Waals surface area contributed by atoms with Crippen LogP contribution < -0.4 is 10.3 Å². The van der Waals surface area contributed by atoms with Crippen LogP contribution in [0.1, 0.15) is 18.1 Å². The van der Waals surface area contributed by atoms with Gasteiger partial charge in [-0.2, -0.15) is 5.26 Å². The third-order valence-electron chi connectivity index (χ3n) is 2.51. The summed E-state index contributed by atoms with van der Waals surface area (Å²) in [5.41, 5.74) is 0.141. The van der Waals surface area contributed by atoms with Crippen LogP contribution >= 0.6 is 0 Å². The van der Waals surface area contributed by atoms with Crippen molar-refractivity contribution >= 4 is 11.9 Å². The Kier molecular flexibility index (Phi) is 4.26. The van der Waals surface area contributed by atoms with E-state index >= 15 is 0 Å². The topological polar surface area (TPSA) is 95.8 Å². The Hall–Kier alpha value is -3.20. The molecule has 1 aromatic carbocycles. The third kappa shape index (κ3) is 3.64. The first-order chi connectivity index (χ1) is 10.1. The van der Waals surface area contributed by atoms with Crippen LogP contribution in [0.5, 0.6) is 11.6 Å². The van der Waals surface area contributed by atoms with Gasteiger partial charge in [-0.05, 0) is 37.3 Å². The van der Waals surface area contributed by atoms with E-state index in [1.54, 1.807) is 18.2 Å². The molecule has 6 heteroatoms. The van der Waals surface area contributed by atoms with Crippen molar-refractivity contribution in [1.82, 2.24) is 9.97 Å². The number of aromatic nitrogens is 2. The van der Waals surface area contributed by atoms with Crippen LogP contribution in [-0.4, -0.2) is 15.8 Å². The molecule has 0 spiro atoms. The molecule has 104 valence electrons. The Morgan fingerprint density at radius 2 is 2.29 bits per heavy atom. The SMILES string of the molecule is CC(=O)/C=C/c1c(Oc2cccc(C#N)c2)nc[nH]c1=O. The van der Waals surface area contributed by atoms with Gasteiger partial charge in [-0.3, -0.25) is 9.59 Å². The predicted octanol–water partition coefficient (Wildman–Crippen LogP) is 2.04. The summed E-state index contributed by atoms with van der Waals surface area (Å²) in [6.07, 6.45) is 3.80. The fourth-order valence-corrected chi connectivity index (χ4v) is 1.56. The van der Waals surface area contributed by atoms with E-state index < -0.39 is 5.56 Å². The molecule has 0 saturated carbocycles. The molecule has 6 nitrogen and oxygen atoms in total. The molecule has 0 amide bonds. The van der Waals surface area contributed by atoms with Gasteiger partial charge in [-0.15, -0.1) is 0 Å². The predicted molar refractivity (Wildman–Crippen MR) is 75.8 cm³/mol. The molecule has 0 atom stereocenters. The zero-order valence-electron chi connectivity index (χ0n) is 11.2. The lowest BCUT2D eigenvalue weighted by atomic mass is 10.2. The molecule has 0 unspecified atom stereocenters. The molecular weight excluding hydrogens is 270 g/mol. The summed E-state index contributed by atoms with van der Waals surface area (Å²) >= 11 is 0. The second kappa shape index (κ2) is 6.30. The number of H-pyrrole nitrogens is 1. The summed E-state index contributed by atoms with van der Waals surface area (Å²) in [7, 11) is 0. The highest BCUT2D eigenvalue weighted by molar-refractivity contribution is 5.91. The van der Waals surface area contributed by atoms with E-state index in [0.717, 1.165) is 0 Å². The number of ketones is 1. The number of nitrogens with zero attached hydrogens (tertiary/aromatic N) is 2. The summed E-state index contributed by atoms with van der Waals surface area (Å²) in [6, 6.07) is 8.45. The molecule has 0 aliphatic carbocycles. The van der Waals surface area contributed by atoms with Gasteiger partial charge >= 0.3 is 0 Å². The Morgan fingerprint density at radius 1 is 1.48 bits per heavy atom. The molecule has 0 bridgehead atoms. The molecule has 0 saturated heterocycles. The van der Waals surface area contributed by atoms with Crippen molar-refractivity contribution in [1.29, 1.82) is 5.26 Å². The molecule has 1 N–H and O–H groups in total. The van der Waals surface area contributed by atoms with Gasteiger partial charge < -0.3 is 9.72 Å². The maximum absolute atomic E-state index is 11.8. The number of hydrogen-bond acceptors (Lipinski definition) is 5. The first-order valence-electron chi connectivity index (χ1n) is 6.04. The van der Waals surface area contributed by atoms with Crippen molar-refractivity contribution in [3.05, 3.63) is 58.1 Å². The minimum Gasteiger partial charge on any atom is -0.438 e. The van der Waals surface area contributed by atoms with E-state index in [0.29, 0.717) is 11.3 Å². The van der Waals surface area contributed by atoms with E-state index in [1.165, 1.54) is 31.5 Å². The molecule has 0 aliphatic heterocycles. The number of nitrogens with one attached hydrogen (secondary N) is 1. The summed E-state index contributed by atoms with van der Waals surface area (Å²) in [5, 5.41) is 8.85. The van der Waals surface area contributed by atoms with Crippen LogP contribution in [0.3, 0.4) is 0 Å². The minimum atomic E-state index is -0.422. The van der Waals surface area contributed by atoms with Crippen LogP contribution in [0, 0.1) is 11.3 Å². The van der Waals surface area contributed by atoms with Crippen LogP contribution in [0.4, 0.5) is 0 Å².